The van der Waals surface area contributed by atoms with Gasteiger partial charge < -0.3 is 8.94 Å². The minimum Gasteiger partial charge on any atom is -0.462 e. The van der Waals surface area contributed by atoms with E-state index in [-0.39, 0.29) is 0 Å². The van der Waals surface area contributed by atoms with Gasteiger partial charge in [-0.05, 0) is 31.2 Å². The van der Waals surface area contributed by atoms with Crippen LogP contribution in [-0.4, -0.2) is 25.3 Å². The van der Waals surface area contributed by atoms with Crippen LogP contribution in [0.4, 0.5) is 0 Å². The fraction of sp³-hybridized carbons (Fsp3) is 0.111. The third-order valence-corrected chi connectivity index (χ3v) is 4.31. The molecule has 3 heterocycles. The molecule has 8 heteroatoms. The summed E-state index contributed by atoms with van der Waals surface area (Å²) < 4.78 is 10.8. The zero-order valence-corrected chi connectivity index (χ0v) is 14.7. The highest BCUT2D eigenvalue weighted by Crippen LogP contribution is 2.21. The Bertz CT molecular complexity index is 1020. The minimum absolute atomic E-state index is 0.498. The van der Waals surface area contributed by atoms with Crippen molar-refractivity contribution < 1.29 is 8.94 Å². The fourth-order valence-electron chi connectivity index (χ4n) is 2.25. The SMILES string of the molecule is Cc1ccc(/C=C/c2nc(SCc3nc(-c4ccccc4)no3)n[nH]2)o1. The second-order valence-electron chi connectivity index (χ2n) is 5.45. The maximum absolute atomic E-state index is 5.47. The van der Waals surface area contributed by atoms with E-state index in [1.807, 2.05) is 61.5 Å². The van der Waals surface area contributed by atoms with Crippen LogP contribution in [0.5, 0.6) is 0 Å². The molecule has 0 aliphatic rings. The van der Waals surface area contributed by atoms with Gasteiger partial charge in [-0.3, -0.25) is 5.10 Å². The van der Waals surface area contributed by atoms with E-state index in [0.29, 0.717) is 28.4 Å². The Morgan fingerprint density at radius 2 is 1.96 bits per heavy atom. The molecule has 0 amide bonds. The van der Waals surface area contributed by atoms with Crippen molar-refractivity contribution in [3.05, 3.63) is 65.7 Å². The summed E-state index contributed by atoms with van der Waals surface area (Å²) in [5.41, 5.74) is 0.922. The maximum Gasteiger partial charge on any atom is 0.237 e. The number of furan rings is 1. The highest BCUT2D eigenvalue weighted by atomic mass is 32.2. The Kier molecular flexibility index (Phi) is 4.65. The lowest BCUT2D eigenvalue weighted by Gasteiger charge is -1.91. The zero-order chi connectivity index (χ0) is 17.8. The number of aromatic nitrogens is 5. The van der Waals surface area contributed by atoms with Gasteiger partial charge in [0.1, 0.15) is 17.3 Å². The predicted octanol–water partition coefficient (Wildman–Crippen LogP) is 4.22. The summed E-state index contributed by atoms with van der Waals surface area (Å²) in [5.74, 6) is 3.89. The number of hydrogen-bond donors (Lipinski definition) is 1. The van der Waals surface area contributed by atoms with Crippen LogP contribution in [0.3, 0.4) is 0 Å². The molecule has 7 nitrogen and oxygen atoms in total. The van der Waals surface area contributed by atoms with E-state index in [1.54, 1.807) is 0 Å². The Balaban J connectivity index is 1.36. The molecule has 0 unspecified atom stereocenters. The molecule has 130 valence electrons. The van der Waals surface area contributed by atoms with Crippen molar-refractivity contribution in [2.45, 2.75) is 17.8 Å². The van der Waals surface area contributed by atoms with Crippen LogP contribution < -0.4 is 0 Å². The Hall–Kier alpha value is -3.13. The molecule has 4 aromatic rings. The molecule has 0 spiro atoms. The summed E-state index contributed by atoms with van der Waals surface area (Å²) in [6, 6.07) is 13.5. The number of H-pyrrole nitrogens is 1. The van der Waals surface area contributed by atoms with Crippen LogP contribution >= 0.6 is 11.8 Å². The number of hydrogen-bond acceptors (Lipinski definition) is 7. The van der Waals surface area contributed by atoms with Crippen LogP contribution in [0.1, 0.15) is 23.2 Å². The number of nitrogens with one attached hydrogen (secondary N) is 1. The van der Waals surface area contributed by atoms with Crippen LogP contribution in [0.25, 0.3) is 23.5 Å². The molecule has 1 N–H and O–H groups in total. The summed E-state index contributed by atoms with van der Waals surface area (Å²) in [5, 5.41) is 11.7. The third kappa shape index (κ3) is 3.92. The van der Waals surface area contributed by atoms with Crippen molar-refractivity contribution in [3.63, 3.8) is 0 Å². The standard InChI is InChI=1S/C18H15N5O2S/c1-12-7-8-14(24-12)9-10-15-19-18(22-21-15)26-11-16-20-17(23-25-16)13-5-3-2-4-6-13/h2-10H,11H2,1H3,(H,19,21,22)/b10-9+. The summed E-state index contributed by atoms with van der Waals surface area (Å²) in [6.45, 7) is 1.90. The van der Waals surface area contributed by atoms with Crippen molar-refractivity contribution in [1.82, 2.24) is 25.3 Å². The summed E-state index contributed by atoms with van der Waals surface area (Å²) in [6.07, 6.45) is 3.65. The van der Waals surface area contributed by atoms with E-state index in [0.717, 1.165) is 17.1 Å². The van der Waals surface area contributed by atoms with Crippen LogP contribution in [-0.2, 0) is 5.75 Å². The van der Waals surface area contributed by atoms with Gasteiger partial charge in [-0.2, -0.15) is 4.98 Å². The van der Waals surface area contributed by atoms with Gasteiger partial charge in [-0.25, -0.2) is 4.98 Å². The first-order valence-electron chi connectivity index (χ1n) is 7.94. The average Bonchev–Trinajstić information content (AvgIpc) is 3.40. The molecule has 0 saturated carbocycles. The Morgan fingerprint density at radius 1 is 1.08 bits per heavy atom. The van der Waals surface area contributed by atoms with E-state index < -0.39 is 0 Å². The van der Waals surface area contributed by atoms with Crippen molar-refractivity contribution >= 4 is 23.9 Å². The first-order chi connectivity index (χ1) is 12.8. The lowest BCUT2D eigenvalue weighted by molar-refractivity contribution is 0.391. The Labute approximate surface area is 153 Å². The van der Waals surface area contributed by atoms with Gasteiger partial charge in [0.25, 0.3) is 0 Å². The number of nitrogens with zero attached hydrogens (tertiary/aromatic N) is 4. The van der Waals surface area contributed by atoms with E-state index >= 15 is 0 Å². The number of aromatic amines is 1. The second-order valence-corrected chi connectivity index (χ2v) is 6.39. The molecule has 1 aromatic carbocycles. The monoisotopic (exact) mass is 365 g/mol. The first kappa shape index (κ1) is 16.3. The third-order valence-electron chi connectivity index (χ3n) is 3.47. The second kappa shape index (κ2) is 7.40. The molecule has 4 rings (SSSR count). The maximum atomic E-state index is 5.47. The predicted molar refractivity (Wildman–Crippen MR) is 98.1 cm³/mol. The van der Waals surface area contributed by atoms with E-state index in [1.165, 1.54) is 11.8 Å². The summed E-state index contributed by atoms with van der Waals surface area (Å²) in [4.78, 5) is 8.78. The van der Waals surface area contributed by atoms with E-state index in [9.17, 15) is 0 Å². The fourth-order valence-corrected chi connectivity index (χ4v) is 2.89. The van der Waals surface area contributed by atoms with Gasteiger partial charge in [-0.1, -0.05) is 47.3 Å². The molecule has 0 fully saturated rings. The van der Waals surface area contributed by atoms with E-state index in [2.05, 4.69) is 25.3 Å². The lowest BCUT2D eigenvalue weighted by Crippen LogP contribution is -1.83. The highest BCUT2D eigenvalue weighted by molar-refractivity contribution is 7.98. The molecule has 0 saturated heterocycles. The van der Waals surface area contributed by atoms with Gasteiger partial charge in [0.2, 0.25) is 16.9 Å². The molecule has 0 atom stereocenters. The quantitative estimate of drug-likeness (QED) is 0.511. The first-order valence-corrected chi connectivity index (χ1v) is 8.92. The molecule has 0 aliphatic carbocycles. The molecule has 0 radical (unpaired) electrons. The molecular formula is C18H15N5O2S. The highest BCUT2D eigenvalue weighted by Gasteiger charge is 2.10. The molecule has 3 aromatic heterocycles. The zero-order valence-electron chi connectivity index (χ0n) is 13.9. The summed E-state index contributed by atoms with van der Waals surface area (Å²) in [7, 11) is 0. The Morgan fingerprint density at radius 3 is 2.77 bits per heavy atom. The van der Waals surface area contributed by atoms with Gasteiger partial charge in [-0.15, -0.1) is 5.10 Å². The molecule has 0 bridgehead atoms. The van der Waals surface area contributed by atoms with Crippen molar-refractivity contribution in [2.75, 3.05) is 0 Å². The normalized spacial score (nSPS) is 11.4. The number of thioether (sulfide) groups is 1. The van der Waals surface area contributed by atoms with E-state index in [4.69, 9.17) is 8.94 Å². The van der Waals surface area contributed by atoms with Crippen LogP contribution in [0, 0.1) is 6.92 Å². The summed E-state index contributed by atoms with van der Waals surface area (Å²) >= 11 is 1.42. The van der Waals surface area contributed by atoms with Gasteiger partial charge in [0.15, 0.2) is 0 Å². The molecular weight excluding hydrogens is 350 g/mol. The minimum atomic E-state index is 0.498. The number of aryl methyl sites for hydroxylation is 1. The van der Waals surface area contributed by atoms with Gasteiger partial charge >= 0.3 is 0 Å². The smallest absolute Gasteiger partial charge is 0.237 e. The van der Waals surface area contributed by atoms with Crippen molar-refractivity contribution in [2.24, 2.45) is 0 Å². The lowest BCUT2D eigenvalue weighted by atomic mass is 10.2. The van der Waals surface area contributed by atoms with Gasteiger partial charge in [0, 0.05) is 5.56 Å². The average molecular weight is 365 g/mol. The molecule has 26 heavy (non-hydrogen) atoms. The van der Waals surface area contributed by atoms with Gasteiger partial charge in [0.05, 0.1) is 5.75 Å². The van der Waals surface area contributed by atoms with Crippen molar-refractivity contribution in [3.8, 4) is 11.4 Å². The number of benzene rings is 1. The largest absolute Gasteiger partial charge is 0.462 e. The van der Waals surface area contributed by atoms with Crippen LogP contribution in [0.15, 0.2) is 56.6 Å². The number of rotatable bonds is 6. The topological polar surface area (TPSA) is 93.6 Å². The molecule has 0 aliphatic heterocycles. The van der Waals surface area contributed by atoms with Crippen LogP contribution in [0.2, 0.25) is 0 Å². The van der Waals surface area contributed by atoms with Crippen molar-refractivity contribution in [1.29, 1.82) is 0 Å².